The van der Waals surface area contributed by atoms with Crippen LogP contribution in [0.4, 0.5) is 10.5 Å². The van der Waals surface area contributed by atoms with Crippen molar-refractivity contribution in [1.29, 1.82) is 0 Å². The van der Waals surface area contributed by atoms with Crippen molar-refractivity contribution in [3.63, 3.8) is 0 Å². The van der Waals surface area contributed by atoms with E-state index in [2.05, 4.69) is 17.4 Å². The summed E-state index contributed by atoms with van der Waals surface area (Å²) in [4.78, 5) is 37.5. The minimum absolute atomic E-state index is 0.0627. The molecule has 0 spiro atoms. The highest BCUT2D eigenvalue weighted by molar-refractivity contribution is 6.34. The molecule has 0 saturated carbocycles. The number of anilines is 1. The summed E-state index contributed by atoms with van der Waals surface area (Å²) in [5, 5.41) is 11.9. The van der Waals surface area contributed by atoms with Gasteiger partial charge in [0.05, 0.1) is 10.7 Å². The number of likely N-dealkylation sites (tertiary alicyclic amines) is 1. The maximum absolute atomic E-state index is 12.6. The van der Waals surface area contributed by atoms with E-state index >= 15 is 0 Å². The minimum Gasteiger partial charge on any atom is -0.480 e. The van der Waals surface area contributed by atoms with E-state index in [0.717, 1.165) is 22.3 Å². The standard InChI is InChI=1S/C26H21ClN2O5/c27-21-13-15(24(30)29-12-11-23(29)25(31)32)9-10-22(21)28-26(33)34-14-20-18-7-3-1-5-16(18)17-6-2-4-8-19(17)20/h1-10,13,20,23H,11-12,14H2,(H,28,33)(H,31,32). The van der Waals surface area contributed by atoms with Gasteiger partial charge in [-0.25, -0.2) is 9.59 Å². The van der Waals surface area contributed by atoms with E-state index < -0.39 is 24.0 Å². The van der Waals surface area contributed by atoms with E-state index in [0.29, 0.717) is 18.7 Å². The fourth-order valence-corrected chi connectivity index (χ4v) is 4.77. The van der Waals surface area contributed by atoms with Gasteiger partial charge in [0.25, 0.3) is 5.91 Å². The van der Waals surface area contributed by atoms with Gasteiger partial charge in [0, 0.05) is 18.0 Å². The Morgan fingerprint density at radius 2 is 1.65 bits per heavy atom. The monoisotopic (exact) mass is 476 g/mol. The Labute approximate surface area is 200 Å². The first kappa shape index (κ1) is 22.0. The van der Waals surface area contributed by atoms with Crippen LogP contribution in [0.25, 0.3) is 11.1 Å². The summed E-state index contributed by atoms with van der Waals surface area (Å²) < 4.78 is 5.53. The minimum atomic E-state index is -1.03. The summed E-state index contributed by atoms with van der Waals surface area (Å²) in [6.45, 7) is 0.548. The van der Waals surface area contributed by atoms with Crippen LogP contribution in [-0.2, 0) is 9.53 Å². The molecule has 0 radical (unpaired) electrons. The highest BCUT2D eigenvalue weighted by Crippen LogP contribution is 2.44. The number of ether oxygens (including phenoxy) is 1. The molecule has 1 aliphatic heterocycles. The lowest BCUT2D eigenvalue weighted by Gasteiger charge is -2.38. The van der Waals surface area contributed by atoms with Gasteiger partial charge in [-0.2, -0.15) is 0 Å². The van der Waals surface area contributed by atoms with Gasteiger partial charge < -0.3 is 14.7 Å². The first-order valence-electron chi connectivity index (χ1n) is 10.9. The second kappa shape index (κ2) is 8.83. The summed E-state index contributed by atoms with van der Waals surface area (Å²) in [7, 11) is 0. The Morgan fingerprint density at radius 3 is 2.21 bits per heavy atom. The molecule has 0 aromatic heterocycles. The zero-order valence-corrected chi connectivity index (χ0v) is 18.8. The SMILES string of the molecule is O=C(Nc1ccc(C(=O)N2CCC2C(=O)O)cc1Cl)OCC1c2ccccc2-c2ccccc21. The van der Waals surface area contributed by atoms with E-state index in [1.807, 2.05) is 36.4 Å². The number of hydrogen-bond donors (Lipinski definition) is 2. The largest absolute Gasteiger partial charge is 0.480 e. The predicted octanol–water partition coefficient (Wildman–Crippen LogP) is 5.00. The van der Waals surface area contributed by atoms with Gasteiger partial charge in [0.15, 0.2) is 0 Å². The molecule has 2 N–H and O–H groups in total. The normalized spacial score (nSPS) is 16.3. The number of fused-ring (bicyclic) bond motifs is 3. The highest BCUT2D eigenvalue weighted by atomic mass is 35.5. The number of carbonyl (C=O) groups excluding carboxylic acids is 2. The van der Waals surface area contributed by atoms with E-state index in [9.17, 15) is 14.4 Å². The van der Waals surface area contributed by atoms with E-state index in [4.69, 9.17) is 21.4 Å². The van der Waals surface area contributed by atoms with Crippen LogP contribution < -0.4 is 5.32 Å². The van der Waals surface area contributed by atoms with Gasteiger partial charge >= 0.3 is 12.1 Å². The molecular weight excluding hydrogens is 456 g/mol. The molecule has 2 amide bonds. The average Bonchev–Trinajstić information content (AvgIpc) is 3.11. The lowest BCUT2D eigenvalue weighted by Crippen LogP contribution is -2.55. The zero-order valence-electron chi connectivity index (χ0n) is 18.0. The molecular formula is C26H21ClN2O5. The summed E-state index contributed by atoms with van der Waals surface area (Å²) in [5.41, 5.74) is 5.07. The third-order valence-corrected chi connectivity index (χ3v) is 6.67. The van der Waals surface area contributed by atoms with Crippen LogP contribution in [0.3, 0.4) is 0 Å². The quantitative estimate of drug-likeness (QED) is 0.540. The molecule has 2 aliphatic rings. The van der Waals surface area contributed by atoms with Crippen LogP contribution in [-0.4, -0.2) is 47.2 Å². The summed E-state index contributed by atoms with van der Waals surface area (Å²) in [5.74, 6) is -1.50. The number of rotatable bonds is 5. The van der Waals surface area contributed by atoms with Crippen molar-refractivity contribution in [1.82, 2.24) is 4.90 Å². The Balaban J connectivity index is 1.24. The second-order valence-electron chi connectivity index (χ2n) is 8.29. The van der Waals surface area contributed by atoms with E-state index in [1.54, 1.807) is 0 Å². The molecule has 3 aromatic carbocycles. The Bertz CT molecular complexity index is 1260. The number of amides is 2. The predicted molar refractivity (Wildman–Crippen MR) is 127 cm³/mol. The van der Waals surface area contributed by atoms with Crippen LogP contribution in [0.2, 0.25) is 5.02 Å². The van der Waals surface area contributed by atoms with Crippen LogP contribution in [0, 0.1) is 0 Å². The number of benzene rings is 3. The maximum Gasteiger partial charge on any atom is 0.411 e. The molecule has 7 nitrogen and oxygen atoms in total. The van der Waals surface area contributed by atoms with E-state index in [-0.39, 0.29) is 23.1 Å². The third kappa shape index (κ3) is 3.88. The maximum atomic E-state index is 12.6. The van der Waals surface area contributed by atoms with Crippen molar-refractivity contribution >= 4 is 35.3 Å². The first-order valence-corrected chi connectivity index (χ1v) is 11.3. The van der Waals surface area contributed by atoms with Crippen molar-refractivity contribution in [3.05, 3.63) is 88.4 Å². The first-order chi connectivity index (χ1) is 16.4. The van der Waals surface area contributed by atoms with Gasteiger partial charge in [-0.05, 0) is 46.9 Å². The summed E-state index contributed by atoms with van der Waals surface area (Å²) in [6, 6.07) is 19.8. The number of carboxylic acid groups (broad SMARTS) is 1. The number of carboxylic acids is 1. The molecule has 1 atom stereocenters. The average molecular weight is 477 g/mol. The van der Waals surface area contributed by atoms with Crippen LogP contribution >= 0.6 is 11.6 Å². The Kier molecular flexibility index (Phi) is 5.71. The van der Waals surface area contributed by atoms with Gasteiger partial charge in [0.1, 0.15) is 12.6 Å². The topological polar surface area (TPSA) is 95.9 Å². The smallest absolute Gasteiger partial charge is 0.411 e. The fourth-order valence-electron chi connectivity index (χ4n) is 4.55. The molecule has 3 aromatic rings. The Morgan fingerprint density at radius 1 is 1.00 bits per heavy atom. The molecule has 5 rings (SSSR count). The Hall–Kier alpha value is -3.84. The highest BCUT2D eigenvalue weighted by Gasteiger charge is 2.38. The molecule has 1 unspecified atom stereocenters. The molecule has 1 aliphatic carbocycles. The second-order valence-corrected chi connectivity index (χ2v) is 8.69. The van der Waals surface area contributed by atoms with Gasteiger partial charge in [-0.15, -0.1) is 0 Å². The van der Waals surface area contributed by atoms with Crippen molar-refractivity contribution in [2.75, 3.05) is 18.5 Å². The number of nitrogens with one attached hydrogen (secondary N) is 1. The fraction of sp³-hybridized carbons (Fsp3) is 0.192. The third-order valence-electron chi connectivity index (χ3n) is 6.36. The number of carbonyl (C=O) groups is 3. The van der Waals surface area contributed by atoms with Gasteiger partial charge in [-0.3, -0.25) is 10.1 Å². The van der Waals surface area contributed by atoms with Gasteiger partial charge in [0.2, 0.25) is 0 Å². The summed E-state index contributed by atoms with van der Waals surface area (Å²) in [6.07, 6.45) is -0.229. The molecule has 1 fully saturated rings. The molecule has 8 heteroatoms. The molecule has 1 heterocycles. The number of halogens is 1. The van der Waals surface area contributed by atoms with Crippen molar-refractivity contribution < 1.29 is 24.2 Å². The van der Waals surface area contributed by atoms with Crippen molar-refractivity contribution in [2.24, 2.45) is 0 Å². The van der Waals surface area contributed by atoms with Crippen LogP contribution in [0.5, 0.6) is 0 Å². The van der Waals surface area contributed by atoms with Crippen molar-refractivity contribution in [2.45, 2.75) is 18.4 Å². The zero-order chi connectivity index (χ0) is 23.8. The summed E-state index contributed by atoms with van der Waals surface area (Å²) >= 11 is 6.29. The van der Waals surface area contributed by atoms with E-state index in [1.165, 1.54) is 23.1 Å². The van der Waals surface area contributed by atoms with Crippen LogP contribution in [0.15, 0.2) is 66.7 Å². The molecule has 172 valence electrons. The number of hydrogen-bond acceptors (Lipinski definition) is 4. The lowest BCUT2D eigenvalue weighted by atomic mass is 9.98. The van der Waals surface area contributed by atoms with Crippen molar-refractivity contribution in [3.8, 4) is 11.1 Å². The molecule has 1 saturated heterocycles. The molecule has 34 heavy (non-hydrogen) atoms. The lowest BCUT2D eigenvalue weighted by molar-refractivity contribution is -0.146. The number of nitrogens with zero attached hydrogens (tertiary/aromatic N) is 1. The molecule has 0 bridgehead atoms. The number of aliphatic carboxylic acids is 1. The van der Waals surface area contributed by atoms with Crippen LogP contribution in [0.1, 0.15) is 33.8 Å². The van der Waals surface area contributed by atoms with Gasteiger partial charge in [-0.1, -0.05) is 60.1 Å².